The third-order valence-electron chi connectivity index (χ3n) is 2.36. The molecule has 0 saturated heterocycles. The maximum Gasteiger partial charge on any atom is 0.222 e. The lowest BCUT2D eigenvalue weighted by molar-refractivity contribution is -0.124. The summed E-state index contributed by atoms with van der Waals surface area (Å²) in [6.45, 7) is 8.04. The molecule has 5 heteroatoms. The van der Waals surface area contributed by atoms with Crippen LogP contribution in [-0.2, 0) is 19.1 Å². The Morgan fingerprint density at radius 3 is 2.06 bits per heavy atom. The van der Waals surface area contributed by atoms with Crippen molar-refractivity contribution in [3.63, 3.8) is 0 Å². The minimum Gasteiger partial charge on any atom is -0.379 e. The van der Waals surface area contributed by atoms with Crippen LogP contribution in [0.15, 0.2) is 0 Å². The molecule has 0 aliphatic carbocycles. The maximum absolute atomic E-state index is 11.3. The van der Waals surface area contributed by atoms with Gasteiger partial charge in [-0.3, -0.25) is 9.59 Å². The van der Waals surface area contributed by atoms with E-state index in [2.05, 4.69) is 5.32 Å². The smallest absolute Gasteiger partial charge is 0.222 e. The molecular weight excluding hydrogens is 234 g/mol. The first-order chi connectivity index (χ1) is 8.57. The molecule has 0 spiro atoms. The molecule has 0 rings (SSSR count). The predicted molar refractivity (Wildman–Crippen MR) is 69.4 cm³/mol. The average Bonchev–Trinajstić information content (AvgIpc) is 2.32. The molecule has 0 aromatic carbocycles. The van der Waals surface area contributed by atoms with Crippen molar-refractivity contribution in [1.82, 2.24) is 5.32 Å². The van der Waals surface area contributed by atoms with Crippen LogP contribution in [-0.4, -0.2) is 44.7 Å². The summed E-state index contributed by atoms with van der Waals surface area (Å²) in [6.07, 6.45) is 0.830. The number of Topliss-reactive ketones (excluding diaryl/α,β-unsaturated/α-hetero) is 1. The molecule has 106 valence electrons. The van der Waals surface area contributed by atoms with Crippen LogP contribution >= 0.6 is 0 Å². The Hall–Kier alpha value is -0.940. The summed E-state index contributed by atoms with van der Waals surface area (Å²) in [7, 11) is 0. The third-order valence-corrected chi connectivity index (χ3v) is 2.36. The number of carbonyl (C=O) groups excluding carboxylic acids is 2. The van der Waals surface area contributed by atoms with Crippen LogP contribution in [0.3, 0.4) is 0 Å². The van der Waals surface area contributed by atoms with Crippen molar-refractivity contribution >= 4 is 11.7 Å². The van der Waals surface area contributed by atoms with Crippen LogP contribution in [0, 0.1) is 5.92 Å². The topological polar surface area (TPSA) is 64.6 Å². The molecule has 0 aliphatic rings. The molecule has 0 atom stereocenters. The Labute approximate surface area is 109 Å². The van der Waals surface area contributed by atoms with Gasteiger partial charge in [0.25, 0.3) is 0 Å². The van der Waals surface area contributed by atoms with Gasteiger partial charge in [-0.25, -0.2) is 0 Å². The number of nitrogens with one attached hydrogen (secondary N) is 1. The number of amides is 1. The van der Waals surface area contributed by atoms with Gasteiger partial charge in [-0.05, 0) is 6.92 Å². The van der Waals surface area contributed by atoms with Crippen LogP contribution in [0.5, 0.6) is 0 Å². The van der Waals surface area contributed by atoms with Gasteiger partial charge < -0.3 is 14.8 Å². The Balaban J connectivity index is 3.21. The van der Waals surface area contributed by atoms with Crippen molar-refractivity contribution in [2.45, 2.75) is 33.6 Å². The lowest BCUT2D eigenvalue weighted by atomic mass is 10.1. The van der Waals surface area contributed by atoms with Gasteiger partial charge in [0.05, 0.1) is 26.4 Å². The summed E-state index contributed by atoms with van der Waals surface area (Å²) in [5.41, 5.74) is 0. The van der Waals surface area contributed by atoms with E-state index in [1.807, 2.05) is 20.8 Å². The molecule has 0 unspecified atom stereocenters. The molecule has 0 aliphatic heterocycles. The summed E-state index contributed by atoms with van der Waals surface area (Å²) in [5.74, 6) is 0.287. The maximum atomic E-state index is 11.3. The minimum absolute atomic E-state index is 0.000878. The Morgan fingerprint density at radius 1 is 1.00 bits per heavy atom. The second-order valence-corrected chi connectivity index (χ2v) is 4.30. The van der Waals surface area contributed by atoms with Gasteiger partial charge in [-0.2, -0.15) is 0 Å². The van der Waals surface area contributed by atoms with Gasteiger partial charge in [-0.15, -0.1) is 0 Å². The second-order valence-electron chi connectivity index (χ2n) is 4.30. The van der Waals surface area contributed by atoms with E-state index >= 15 is 0 Å². The Kier molecular flexibility index (Phi) is 10.6. The summed E-state index contributed by atoms with van der Waals surface area (Å²) in [4.78, 5) is 22.3. The molecule has 1 N–H and O–H groups in total. The number of ketones is 1. The Bertz CT molecular complexity index is 241. The van der Waals surface area contributed by atoms with Crippen molar-refractivity contribution in [2.75, 3.05) is 33.0 Å². The van der Waals surface area contributed by atoms with Crippen molar-refractivity contribution < 1.29 is 19.1 Å². The van der Waals surface area contributed by atoms with Gasteiger partial charge in [-0.1, -0.05) is 13.8 Å². The van der Waals surface area contributed by atoms with Crippen molar-refractivity contribution in [1.29, 1.82) is 0 Å². The Morgan fingerprint density at radius 2 is 1.56 bits per heavy atom. The fourth-order valence-electron chi connectivity index (χ4n) is 1.23. The van der Waals surface area contributed by atoms with E-state index in [0.29, 0.717) is 45.8 Å². The average molecular weight is 259 g/mol. The van der Waals surface area contributed by atoms with E-state index < -0.39 is 0 Å². The molecule has 5 nitrogen and oxygen atoms in total. The van der Waals surface area contributed by atoms with E-state index in [0.717, 1.165) is 0 Å². The zero-order valence-corrected chi connectivity index (χ0v) is 11.7. The summed E-state index contributed by atoms with van der Waals surface area (Å²) >= 11 is 0. The molecule has 0 bridgehead atoms. The summed E-state index contributed by atoms with van der Waals surface area (Å²) in [6, 6.07) is 0. The molecular formula is C13H25NO4. The number of hydrogen-bond donors (Lipinski definition) is 1. The second kappa shape index (κ2) is 11.2. The van der Waals surface area contributed by atoms with Crippen molar-refractivity contribution in [3.8, 4) is 0 Å². The predicted octanol–water partition coefficient (Wildman–Crippen LogP) is 1.16. The van der Waals surface area contributed by atoms with Gasteiger partial charge in [0.15, 0.2) is 0 Å². The number of ether oxygens (including phenoxy) is 2. The van der Waals surface area contributed by atoms with E-state index in [4.69, 9.17) is 9.47 Å². The van der Waals surface area contributed by atoms with Gasteiger partial charge in [0.2, 0.25) is 5.91 Å². The number of carbonyl (C=O) groups is 2. The molecule has 0 aromatic rings. The summed E-state index contributed by atoms with van der Waals surface area (Å²) < 4.78 is 10.5. The first-order valence-corrected chi connectivity index (χ1v) is 6.52. The molecule has 0 aromatic heterocycles. The van der Waals surface area contributed by atoms with Crippen molar-refractivity contribution in [3.05, 3.63) is 0 Å². The quantitative estimate of drug-likeness (QED) is 0.566. The molecule has 0 fully saturated rings. The molecule has 0 saturated carbocycles. The highest BCUT2D eigenvalue weighted by molar-refractivity contribution is 5.80. The monoisotopic (exact) mass is 259 g/mol. The highest BCUT2D eigenvalue weighted by Crippen LogP contribution is 1.98. The number of rotatable bonds is 11. The van der Waals surface area contributed by atoms with Crippen LogP contribution in [0.4, 0.5) is 0 Å². The standard InChI is InChI=1S/C13H25NO4/c1-4-14-13(16)6-8-18-10-9-17-7-5-12(15)11(2)3/h11H,4-10H2,1-3H3,(H,14,16). The van der Waals surface area contributed by atoms with Crippen LogP contribution in [0.25, 0.3) is 0 Å². The minimum atomic E-state index is 0.000878. The highest BCUT2D eigenvalue weighted by Gasteiger charge is 2.06. The van der Waals surface area contributed by atoms with Gasteiger partial charge in [0.1, 0.15) is 5.78 Å². The fourth-order valence-corrected chi connectivity index (χ4v) is 1.23. The first-order valence-electron chi connectivity index (χ1n) is 6.52. The zero-order chi connectivity index (χ0) is 13.8. The van der Waals surface area contributed by atoms with E-state index in [9.17, 15) is 9.59 Å². The van der Waals surface area contributed by atoms with E-state index in [1.54, 1.807) is 0 Å². The SMILES string of the molecule is CCNC(=O)CCOCCOCCC(=O)C(C)C. The molecule has 18 heavy (non-hydrogen) atoms. The zero-order valence-electron chi connectivity index (χ0n) is 11.7. The lowest BCUT2D eigenvalue weighted by Crippen LogP contribution is -2.24. The van der Waals surface area contributed by atoms with E-state index in [-0.39, 0.29) is 17.6 Å². The largest absolute Gasteiger partial charge is 0.379 e. The number of hydrogen-bond acceptors (Lipinski definition) is 4. The summed E-state index contributed by atoms with van der Waals surface area (Å²) in [5, 5.41) is 2.69. The fraction of sp³-hybridized carbons (Fsp3) is 0.846. The van der Waals surface area contributed by atoms with Gasteiger partial charge in [0, 0.05) is 25.3 Å². The molecule has 0 heterocycles. The molecule has 0 radical (unpaired) electrons. The van der Waals surface area contributed by atoms with Crippen LogP contribution in [0.2, 0.25) is 0 Å². The highest BCUT2D eigenvalue weighted by atomic mass is 16.5. The third kappa shape index (κ3) is 10.2. The molecule has 1 amide bonds. The van der Waals surface area contributed by atoms with Crippen molar-refractivity contribution in [2.24, 2.45) is 5.92 Å². The van der Waals surface area contributed by atoms with E-state index in [1.165, 1.54) is 0 Å². The first kappa shape index (κ1) is 17.1. The normalized spacial score (nSPS) is 10.7. The lowest BCUT2D eigenvalue weighted by Gasteiger charge is -2.06. The van der Waals surface area contributed by atoms with Gasteiger partial charge >= 0.3 is 0 Å². The van der Waals surface area contributed by atoms with Crippen LogP contribution < -0.4 is 5.32 Å². The van der Waals surface area contributed by atoms with Crippen LogP contribution in [0.1, 0.15) is 33.6 Å².